The fraction of sp³-hybridized carbons (Fsp3) is 0.350. The first-order valence-electron chi connectivity index (χ1n) is 8.83. The largest absolute Gasteiger partial charge is 0.443 e. The summed E-state index contributed by atoms with van der Waals surface area (Å²) in [4.78, 5) is 15.9. The standard InChI is InChI=1S/C20H20Cl2N2O3/c1-23(19-16-7-12(21)8-17(22)15(16)9-18(19)25)10-14-11-24(20(26)27-14)13-5-3-2-4-6-13/h2-8,14,18-19,25H,9-11H2,1H3. The summed E-state index contributed by atoms with van der Waals surface area (Å²) in [5.74, 6) is 0. The number of amides is 1. The van der Waals surface area contributed by atoms with Crippen molar-refractivity contribution in [2.45, 2.75) is 24.7 Å². The first-order valence-corrected chi connectivity index (χ1v) is 9.59. The molecule has 0 aromatic heterocycles. The molecule has 1 amide bonds. The fourth-order valence-electron chi connectivity index (χ4n) is 4.03. The van der Waals surface area contributed by atoms with E-state index in [1.54, 1.807) is 11.0 Å². The molecule has 1 aliphatic carbocycles. The van der Waals surface area contributed by atoms with Gasteiger partial charge in [-0.25, -0.2) is 4.79 Å². The SMILES string of the molecule is CN(CC1CN(c2ccccc2)C(=O)O1)C1c2cc(Cl)cc(Cl)c2CC1O. The third kappa shape index (κ3) is 3.52. The topological polar surface area (TPSA) is 53.0 Å². The highest BCUT2D eigenvalue weighted by molar-refractivity contribution is 6.35. The molecule has 3 atom stereocenters. The fourth-order valence-corrected chi connectivity index (χ4v) is 4.62. The monoisotopic (exact) mass is 406 g/mol. The number of para-hydroxylation sites is 1. The zero-order valence-corrected chi connectivity index (χ0v) is 16.3. The number of halogens is 2. The van der Waals surface area contributed by atoms with E-state index in [9.17, 15) is 9.90 Å². The van der Waals surface area contributed by atoms with E-state index in [0.717, 1.165) is 16.8 Å². The zero-order valence-electron chi connectivity index (χ0n) is 14.8. The van der Waals surface area contributed by atoms with Gasteiger partial charge in [-0.2, -0.15) is 0 Å². The Morgan fingerprint density at radius 2 is 2.00 bits per heavy atom. The Bertz CT molecular complexity index is 862. The highest BCUT2D eigenvalue weighted by Crippen LogP contribution is 2.41. The Balaban J connectivity index is 1.49. The third-order valence-corrected chi connectivity index (χ3v) is 5.76. The highest BCUT2D eigenvalue weighted by Gasteiger charge is 2.39. The van der Waals surface area contributed by atoms with Gasteiger partial charge in [-0.05, 0) is 42.4 Å². The molecule has 0 radical (unpaired) electrons. The Morgan fingerprint density at radius 1 is 1.26 bits per heavy atom. The molecular weight excluding hydrogens is 387 g/mol. The van der Waals surface area contributed by atoms with Crippen LogP contribution in [-0.4, -0.2) is 48.4 Å². The minimum absolute atomic E-state index is 0.235. The van der Waals surface area contributed by atoms with E-state index in [2.05, 4.69) is 0 Å². The summed E-state index contributed by atoms with van der Waals surface area (Å²) in [5, 5.41) is 11.7. The first kappa shape index (κ1) is 18.6. The summed E-state index contributed by atoms with van der Waals surface area (Å²) in [5.41, 5.74) is 2.68. The smallest absolute Gasteiger partial charge is 0.414 e. The van der Waals surface area contributed by atoms with E-state index in [1.165, 1.54) is 0 Å². The second-order valence-electron chi connectivity index (χ2n) is 7.06. The number of aliphatic hydroxyl groups is 1. The van der Waals surface area contributed by atoms with Crippen molar-refractivity contribution >= 4 is 35.0 Å². The predicted octanol–water partition coefficient (Wildman–Crippen LogP) is 3.91. The lowest BCUT2D eigenvalue weighted by Crippen LogP contribution is -2.38. The van der Waals surface area contributed by atoms with Gasteiger partial charge in [-0.1, -0.05) is 41.4 Å². The number of nitrogens with zero attached hydrogens (tertiary/aromatic N) is 2. The molecule has 7 heteroatoms. The van der Waals surface area contributed by atoms with Crippen LogP contribution in [0.5, 0.6) is 0 Å². The van der Waals surface area contributed by atoms with Crippen molar-refractivity contribution in [3.8, 4) is 0 Å². The minimum Gasteiger partial charge on any atom is -0.443 e. The number of cyclic esters (lactones) is 1. The maximum atomic E-state index is 12.2. The van der Waals surface area contributed by atoms with Gasteiger partial charge in [-0.15, -0.1) is 0 Å². The predicted molar refractivity (Wildman–Crippen MR) is 106 cm³/mol. The molecule has 1 aliphatic heterocycles. The van der Waals surface area contributed by atoms with Gasteiger partial charge in [0.15, 0.2) is 0 Å². The molecule has 0 spiro atoms. The van der Waals surface area contributed by atoms with Crippen molar-refractivity contribution in [2.75, 3.05) is 25.0 Å². The van der Waals surface area contributed by atoms with Crippen LogP contribution in [0.3, 0.4) is 0 Å². The van der Waals surface area contributed by atoms with Gasteiger partial charge in [0.1, 0.15) is 6.10 Å². The Labute approximate surface area is 168 Å². The van der Waals surface area contributed by atoms with Crippen molar-refractivity contribution in [1.29, 1.82) is 0 Å². The third-order valence-electron chi connectivity index (χ3n) is 5.20. The van der Waals surface area contributed by atoms with Gasteiger partial charge in [0, 0.05) is 28.7 Å². The number of anilines is 1. The lowest BCUT2D eigenvalue weighted by Gasteiger charge is -2.29. The maximum Gasteiger partial charge on any atom is 0.414 e. The van der Waals surface area contributed by atoms with Crippen LogP contribution in [0, 0.1) is 0 Å². The van der Waals surface area contributed by atoms with Gasteiger partial charge in [0.2, 0.25) is 0 Å². The number of likely N-dealkylation sites (N-methyl/N-ethyl adjacent to an activating group) is 1. The van der Waals surface area contributed by atoms with Gasteiger partial charge in [-0.3, -0.25) is 9.80 Å². The van der Waals surface area contributed by atoms with Crippen molar-refractivity contribution in [2.24, 2.45) is 0 Å². The van der Waals surface area contributed by atoms with Crippen molar-refractivity contribution < 1.29 is 14.6 Å². The van der Waals surface area contributed by atoms with Gasteiger partial charge in [0.25, 0.3) is 0 Å². The van der Waals surface area contributed by atoms with Crippen LogP contribution in [0.15, 0.2) is 42.5 Å². The second kappa shape index (κ2) is 7.32. The molecule has 3 unspecified atom stereocenters. The molecule has 1 N–H and O–H groups in total. The Kier molecular flexibility index (Phi) is 5.03. The van der Waals surface area contributed by atoms with E-state index in [0.29, 0.717) is 29.6 Å². The van der Waals surface area contributed by atoms with E-state index < -0.39 is 6.10 Å². The van der Waals surface area contributed by atoms with Crippen LogP contribution >= 0.6 is 23.2 Å². The highest BCUT2D eigenvalue weighted by atomic mass is 35.5. The van der Waals surface area contributed by atoms with Crippen LogP contribution in [0.1, 0.15) is 17.2 Å². The van der Waals surface area contributed by atoms with E-state index >= 15 is 0 Å². The van der Waals surface area contributed by atoms with Crippen LogP contribution in [0.4, 0.5) is 10.5 Å². The molecule has 0 bridgehead atoms. The number of ether oxygens (including phenoxy) is 1. The van der Waals surface area contributed by atoms with Crippen LogP contribution in [0.25, 0.3) is 0 Å². The number of benzene rings is 2. The van der Waals surface area contributed by atoms with Crippen molar-refractivity contribution in [1.82, 2.24) is 4.90 Å². The molecule has 1 saturated heterocycles. The summed E-state index contributed by atoms with van der Waals surface area (Å²) in [7, 11) is 1.91. The molecular formula is C20H20Cl2N2O3. The molecule has 1 fully saturated rings. The molecule has 2 aromatic carbocycles. The number of carbonyl (C=O) groups is 1. The quantitative estimate of drug-likeness (QED) is 0.835. The molecule has 5 nitrogen and oxygen atoms in total. The molecule has 2 aromatic rings. The molecule has 27 heavy (non-hydrogen) atoms. The number of carbonyl (C=O) groups excluding carboxylic acids is 1. The molecule has 4 rings (SSSR count). The molecule has 0 saturated carbocycles. The van der Waals surface area contributed by atoms with Crippen LogP contribution in [-0.2, 0) is 11.2 Å². The van der Waals surface area contributed by atoms with Gasteiger partial charge in [0.05, 0.1) is 18.7 Å². The number of fused-ring (bicyclic) bond motifs is 1. The average Bonchev–Trinajstić information content (AvgIpc) is 3.15. The summed E-state index contributed by atoms with van der Waals surface area (Å²) in [6.07, 6.45) is -0.726. The first-order chi connectivity index (χ1) is 12.9. The number of hydrogen-bond acceptors (Lipinski definition) is 4. The summed E-state index contributed by atoms with van der Waals surface area (Å²) >= 11 is 12.5. The van der Waals surface area contributed by atoms with Crippen molar-refractivity contribution in [3.05, 3.63) is 63.6 Å². The van der Waals surface area contributed by atoms with Gasteiger partial charge < -0.3 is 9.84 Å². The number of hydrogen-bond donors (Lipinski definition) is 1. The molecule has 2 aliphatic rings. The lowest BCUT2D eigenvalue weighted by atomic mass is 10.1. The number of rotatable bonds is 4. The van der Waals surface area contributed by atoms with Crippen LogP contribution < -0.4 is 4.90 Å². The van der Waals surface area contributed by atoms with E-state index in [-0.39, 0.29) is 18.2 Å². The Morgan fingerprint density at radius 3 is 2.74 bits per heavy atom. The minimum atomic E-state index is -0.580. The second-order valence-corrected chi connectivity index (χ2v) is 7.91. The van der Waals surface area contributed by atoms with Crippen LogP contribution in [0.2, 0.25) is 10.0 Å². The zero-order chi connectivity index (χ0) is 19.1. The lowest BCUT2D eigenvalue weighted by molar-refractivity contribution is 0.0484. The van der Waals surface area contributed by atoms with E-state index in [4.69, 9.17) is 27.9 Å². The van der Waals surface area contributed by atoms with E-state index in [1.807, 2.05) is 48.3 Å². The van der Waals surface area contributed by atoms with Crippen molar-refractivity contribution in [3.63, 3.8) is 0 Å². The molecule has 1 heterocycles. The maximum absolute atomic E-state index is 12.2. The summed E-state index contributed by atoms with van der Waals surface area (Å²) < 4.78 is 5.54. The summed E-state index contributed by atoms with van der Waals surface area (Å²) in [6, 6.07) is 12.8. The number of aliphatic hydroxyl groups excluding tert-OH is 1. The van der Waals surface area contributed by atoms with Gasteiger partial charge >= 0.3 is 6.09 Å². The normalized spacial score (nSPS) is 24.4. The summed E-state index contributed by atoms with van der Waals surface area (Å²) in [6.45, 7) is 0.972. The average molecular weight is 407 g/mol. The molecule has 142 valence electrons. The Hall–Kier alpha value is -1.79.